The van der Waals surface area contributed by atoms with E-state index in [1.54, 1.807) is 12.1 Å². The van der Waals surface area contributed by atoms with Crippen molar-refractivity contribution in [1.82, 2.24) is 9.13 Å². The van der Waals surface area contributed by atoms with Gasteiger partial charge in [0, 0.05) is 6.54 Å². The average molecular weight is 210 g/mol. The van der Waals surface area contributed by atoms with Gasteiger partial charge in [0.25, 0.3) is 0 Å². The summed E-state index contributed by atoms with van der Waals surface area (Å²) in [5.41, 5.74) is 1.25. The Bertz CT molecular complexity index is 274. The summed E-state index contributed by atoms with van der Waals surface area (Å²) >= 11 is 0. The molecule has 0 spiro atoms. The number of hydrogen-bond acceptors (Lipinski definition) is 3. The smallest absolute Gasteiger partial charge is 0.172 e. The lowest BCUT2D eigenvalue weighted by atomic mass is 10.2. The van der Waals surface area contributed by atoms with E-state index in [9.17, 15) is 0 Å². The van der Waals surface area contributed by atoms with Gasteiger partial charge in [0.15, 0.2) is 9.84 Å². The van der Waals surface area contributed by atoms with Gasteiger partial charge in [-0.25, -0.2) is 0 Å². The standard InChI is InChI=1S/C10H18N2OSi/c1-11(2)14-12(3)8-9-4-6-10(13)7-5-9/h4-7,13H,8,14H2,1-3H3. The minimum atomic E-state index is -0.279. The Labute approximate surface area is 87.9 Å². The van der Waals surface area contributed by atoms with Gasteiger partial charge in [-0.3, -0.25) is 0 Å². The van der Waals surface area contributed by atoms with Crippen LogP contribution in [0.15, 0.2) is 24.3 Å². The number of phenols is 1. The van der Waals surface area contributed by atoms with Crippen molar-refractivity contribution >= 4 is 9.84 Å². The summed E-state index contributed by atoms with van der Waals surface area (Å²) in [4.78, 5) is 0. The van der Waals surface area contributed by atoms with E-state index in [-0.39, 0.29) is 9.84 Å². The molecule has 0 unspecified atom stereocenters. The summed E-state index contributed by atoms with van der Waals surface area (Å²) in [6, 6.07) is 7.41. The molecule has 0 amide bonds. The summed E-state index contributed by atoms with van der Waals surface area (Å²) in [5, 5.41) is 9.12. The highest BCUT2D eigenvalue weighted by Gasteiger charge is 2.01. The number of nitrogens with zero attached hydrogens (tertiary/aromatic N) is 2. The van der Waals surface area contributed by atoms with Crippen molar-refractivity contribution in [3.63, 3.8) is 0 Å². The Morgan fingerprint density at radius 2 is 1.71 bits per heavy atom. The molecule has 0 atom stereocenters. The van der Waals surface area contributed by atoms with Crippen LogP contribution in [0, 0.1) is 0 Å². The molecule has 0 saturated carbocycles. The highest BCUT2D eigenvalue weighted by atomic mass is 28.2. The van der Waals surface area contributed by atoms with E-state index < -0.39 is 0 Å². The van der Waals surface area contributed by atoms with Crippen molar-refractivity contribution in [2.75, 3.05) is 21.1 Å². The Kier molecular flexibility index (Phi) is 4.12. The topological polar surface area (TPSA) is 26.7 Å². The Morgan fingerprint density at radius 1 is 1.14 bits per heavy atom. The molecule has 78 valence electrons. The van der Waals surface area contributed by atoms with Crippen LogP contribution in [-0.4, -0.2) is 45.2 Å². The predicted octanol–water partition coefficient (Wildman–Crippen LogP) is 0.384. The molecule has 14 heavy (non-hydrogen) atoms. The molecule has 4 heteroatoms. The van der Waals surface area contributed by atoms with E-state index in [1.807, 2.05) is 12.1 Å². The van der Waals surface area contributed by atoms with Gasteiger partial charge in [0.05, 0.1) is 0 Å². The molecule has 0 aliphatic carbocycles. The third-order valence-corrected chi connectivity index (χ3v) is 3.19. The van der Waals surface area contributed by atoms with Gasteiger partial charge < -0.3 is 14.2 Å². The third-order valence-electron chi connectivity index (χ3n) is 1.91. The molecule has 3 nitrogen and oxygen atoms in total. The van der Waals surface area contributed by atoms with Gasteiger partial charge in [0.2, 0.25) is 0 Å². The first-order valence-electron chi connectivity index (χ1n) is 4.69. The van der Waals surface area contributed by atoms with Crippen LogP contribution < -0.4 is 0 Å². The van der Waals surface area contributed by atoms with Crippen LogP contribution in [0.25, 0.3) is 0 Å². The van der Waals surface area contributed by atoms with Crippen molar-refractivity contribution in [1.29, 1.82) is 0 Å². The molecule has 0 radical (unpaired) electrons. The first-order chi connectivity index (χ1) is 6.58. The summed E-state index contributed by atoms with van der Waals surface area (Å²) in [5.74, 6) is 0.334. The van der Waals surface area contributed by atoms with Crippen molar-refractivity contribution < 1.29 is 5.11 Å². The number of phenolic OH excluding ortho intramolecular Hbond substituents is 1. The lowest BCUT2D eigenvalue weighted by Gasteiger charge is -2.20. The monoisotopic (exact) mass is 210 g/mol. The zero-order valence-electron chi connectivity index (χ0n) is 9.07. The quantitative estimate of drug-likeness (QED) is 0.728. The number of rotatable bonds is 4. The molecule has 0 heterocycles. The molecule has 0 aliphatic rings. The van der Waals surface area contributed by atoms with Gasteiger partial charge in [-0.2, -0.15) is 0 Å². The predicted molar refractivity (Wildman–Crippen MR) is 61.8 cm³/mol. The lowest BCUT2D eigenvalue weighted by molar-refractivity contribution is 0.467. The molecule has 1 rings (SSSR count). The molecular weight excluding hydrogens is 192 g/mol. The highest BCUT2D eigenvalue weighted by molar-refractivity contribution is 6.27. The summed E-state index contributed by atoms with van der Waals surface area (Å²) in [6.07, 6.45) is 0. The largest absolute Gasteiger partial charge is 0.508 e. The molecular formula is C10H18N2OSi. The normalized spacial score (nSPS) is 12.1. The minimum absolute atomic E-state index is 0.279. The van der Waals surface area contributed by atoms with Crippen LogP contribution in [-0.2, 0) is 6.54 Å². The van der Waals surface area contributed by atoms with E-state index in [2.05, 4.69) is 30.3 Å². The van der Waals surface area contributed by atoms with Crippen LogP contribution in [0.5, 0.6) is 5.75 Å². The van der Waals surface area contributed by atoms with Crippen LogP contribution >= 0.6 is 0 Å². The van der Waals surface area contributed by atoms with Crippen LogP contribution in [0.1, 0.15) is 5.56 Å². The maximum absolute atomic E-state index is 9.12. The lowest BCUT2D eigenvalue weighted by Crippen LogP contribution is -2.33. The van der Waals surface area contributed by atoms with E-state index in [4.69, 9.17) is 5.11 Å². The first-order valence-corrected chi connectivity index (χ1v) is 5.95. The molecule has 0 bridgehead atoms. The SMILES string of the molecule is CN(C)[SiH2]N(C)Cc1ccc(O)cc1. The van der Waals surface area contributed by atoms with Crippen molar-refractivity contribution in [3.05, 3.63) is 29.8 Å². The van der Waals surface area contributed by atoms with Crippen molar-refractivity contribution in [3.8, 4) is 5.75 Å². The summed E-state index contributed by atoms with van der Waals surface area (Å²) in [6.45, 7) is 0.963. The third kappa shape index (κ3) is 3.91. The number of aromatic hydroxyl groups is 1. The molecule has 1 aromatic carbocycles. The van der Waals surface area contributed by atoms with Gasteiger partial charge in [-0.1, -0.05) is 12.1 Å². The van der Waals surface area contributed by atoms with Gasteiger partial charge in [-0.05, 0) is 38.8 Å². The first kappa shape index (κ1) is 11.2. The van der Waals surface area contributed by atoms with E-state index in [1.165, 1.54) is 5.56 Å². The minimum Gasteiger partial charge on any atom is -0.508 e. The number of hydrogen-bond donors (Lipinski definition) is 1. The van der Waals surface area contributed by atoms with Gasteiger partial charge in [-0.15, -0.1) is 0 Å². The maximum Gasteiger partial charge on any atom is 0.172 e. The Morgan fingerprint density at radius 3 is 2.21 bits per heavy atom. The summed E-state index contributed by atoms with van der Waals surface area (Å²) in [7, 11) is 6.08. The van der Waals surface area contributed by atoms with E-state index >= 15 is 0 Å². The molecule has 0 saturated heterocycles. The molecule has 0 fully saturated rings. The van der Waals surface area contributed by atoms with Crippen molar-refractivity contribution in [2.45, 2.75) is 6.54 Å². The van der Waals surface area contributed by atoms with Crippen LogP contribution in [0.2, 0.25) is 0 Å². The second-order valence-electron chi connectivity index (χ2n) is 3.90. The van der Waals surface area contributed by atoms with Crippen LogP contribution in [0.3, 0.4) is 0 Å². The van der Waals surface area contributed by atoms with Gasteiger partial charge in [0.1, 0.15) is 5.75 Å². The van der Waals surface area contributed by atoms with E-state index in [0.717, 1.165) is 6.54 Å². The summed E-state index contributed by atoms with van der Waals surface area (Å²) < 4.78 is 4.62. The van der Waals surface area contributed by atoms with Crippen LogP contribution in [0.4, 0.5) is 0 Å². The average Bonchev–Trinajstić information content (AvgIpc) is 2.07. The molecule has 1 aromatic rings. The molecule has 0 aromatic heterocycles. The second kappa shape index (κ2) is 5.14. The zero-order chi connectivity index (χ0) is 10.6. The van der Waals surface area contributed by atoms with E-state index in [0.29, 0.717) is 5.75 Å². The van der Waals surface area contributed by atoms with Gasteiger partial charge >= 0.3 is 0 Å². The second-order valence-corrected chi connectivity index (χ2v) is 6.53. The molecule has 1 N–H and O–H groups in total. The number of benzene rings is 1. The van der Waals surface area contributed by atoms with Crippen molar-refractivity contribution in [2.24, 2.45) is 0 Å². The Balaban J connectivity index is 2.47. The highest BCUT2D eigenvalue weighted by Crippen LogP contribution is 2.10. The maximum atomic E-state index is 9.12. The molecule has 0 aliphatic heterocycles. The zero-order valence-corrected chi connectivity index (χ0v) is 10.5. The Hall–Kier alpha value is -0.843. The fraction of sp³-hybridized carbons (Fsp3) is 0.400. The fourth-order valence-electron chi connectivity index (χ4n) is 1.45. The fourth-order valence-corrected chi connectivity index (χ4v) is 2.77.